The van der Waals surface area contributed by atoms with Crippen LogP contribution in [-0.4, -0.2) is 34.5 Å². The standard InChI is InChI=1S/C20H18N4O3S/c1-27-16-9-5-2-6-12(16)11-21-17(25)10-15-19(26)24-18(22-15)13-7-3-4-8-14(13)23-20(24)28/h2-9,15,22H,10-11H2,1H3,(H,21,25)/t15-/m1/s1. The van der Waals surface area contributed by atoms with Crippen LogP contribution in [0, 0.1) is 4.77 Å². The number of carbonyl (C=O) groups is 2. The van der Waals surface area contributed by atoms with E-state index in [1.165, 1.54) is 4.57 Å². The van der Waals surface area contributed by atoms with Crippen molar-refractivity contribution in [1.29, 1.82) is 0 Å². The van der Waals surface area contributed by atoms with E-state index in [0.29, 0.717) is 23.6 Å². The number of benzene rings is 2. The maximum absolute atomic E-state index is 12.8. The Balaban J connectivity index is 1.49. The number of nitrogens with zero attached hydrogens (tertiary/aromatic N) is 2. The minimum atomic E-state index is -0.688. The van der Waals surface area contributed by atoms with Crippen molar-refractivity contribution in [2.24, 2.45) is 0 Å². The summed E-state index contributed by atoms with van der Waals surface area (Å²) < 4.78 is 6.84. The molecule has 28 heavy (non-hydrogen) atoms. The Morgan fingerprint density at radius 3 is 2.82 bits per heavy atom. The van der Waals surface area contributed by atoms with Crippen LogP contribution in [-0.2, 0) is 11.3 Å². The SMILES string of the molecule is COc1ccccc1CNC(=O)C[C@H]1Nc2c3ccccc3nc(=S)n2C1=O. The molecule has 2 heterocycles. The number of nitrogens with one attached hydrogen (secondary N) is 2. The van der Waals surface area contributed by atoms with Gasteiger partial charge in [0.25, 0.3) is 5.91 Å². The Morgan fingerprint density at radius 1 is 1.25 bits per heavy atom. The van der Waals surface area contributed by atoms with E-state index in [1.54, 1.807) is 7.11 Å². The van der Waals surface area contributed by atoms with Gasteiger partial charge < -0.3 is 15.4 Å². The summed E-state index contributed by atoms with van der Waals surface area (Å²) in [6.45, 7) is 0.320. The largest absolute Gasteiger partial charge is 0.496 e. The van der Waals surface area contributed by atoms with E-state index in [9.17, 15) is 9.59 Å². The fourth-order valence-corrected chi connectivity index (χ4v) is 3.59. The summed E-state index contributed by atoms with van der Waals surface area (Å²) in [6, 6.07) is 14.2. The lowest BCUT2D eigenvalue weighted by molar-refractivity contribution is -0.121. The maximum Gasteiger partial charge on any atom is 0.257 e. The summed E-state index contributed by atoms with van der Waals surface area (Å²) >= 11 is 5.27. The summed E-state index contributed by atoms with van der Waals surface area (Å²) in [5.74, 6) is 0.774. The molecule has 2 aromatic carbocycles. The number of ether oxygens (including phenoxy) is 1. The Labute approximate surface area is 166 Å². The second-order valence-electron chi connectivity index (χ2n) is 6.42. The minimum absolute atomic E-state index is 0.00123. The van der Waals surface area contributed by atoms with Gasteiger partial charge in [-0.2, -0.15) is 0 Å². The van der Waals surface area contributed by atoms with E-state index in [1.807, 2.05) is 48.5 Å². The summed E-state index contributed by atoms with van der Waals surface area (Å²) in [7, 11) is 1.58. The highest BCUT2D eigenvalue weighted by Gasteiger charge is 2.33. The summed E-state index contributed by atoms with van der Waals surface area (Å²) in [4.78, 5) is 29.5. The van der Waals surface area contributed by atoms with E-state index < -0.39 is 6.04 Å². The average molecular weight is 394 g/mol. The number of anilines is 1. The second kappa shape index (κ2) is 7.40. The van der Waals surface area contributed by atoms with Gasteiger partial charge >= 0.3 is 0 Å². The molecule has 0 aliphatic carbocycles. The molecule has 3 aromatic rings. The molecule has 142 valence electrons. The van der Waals surface area contributed by atoms with E-state index in [2.05, 4.69) is 15.6 Å². The van der Waals surface area contributed by atoms with Gasteiger partial charge in [0, 0.05) is 17.5 Å². The monoisotopic (exact) mass is 394 g/mol. The van der Waals surface area contributed by atoms with Crippen molar-refractivity contribution >= 4 is 40.8 Å². The van der Waals surface area contributed by atoms with E-state index in [-0.39, 0.29) is 23.0 Å². The van der Waals surface area contributed by atoms with Crippen LogP contribution in [0.2, 0.25) is 0 Å². The zero-order chi connectivity index (χ0) is 19.7. The number of methoxy groups -OCH3 is 1. The quantitative estimate of drug-likeness (QED) is 0.648. The topological polar surface area (TPSA) is 85.2 Å². The smallest absolute Gasteiger partial charge is 0.257 e. The van der Waals surface area contributed by atoms with Crippen LogP contribution in [0.15, 0.2) is 48.5 Å². The molecular weight excluding hydrogens is 376 g/mol. The summed E-state index contributed by atoms with van der Waals surface area (Å²) in [6.07, 6.45) is -0.00123. The van der Waals surface area contributed by atoms with Crippen LogP contribution < -0.4 is 15.4 Å². The van der Waals surface area contributed by atoms with Gasteiger partial charge in [0.2, 0.25) is 10.7 Å². The Hall–Kier alpha value is -3.26. The van der Waals surface area contributed by atoms with Crippen LogP contribution >= 0.6 is 12.2 Å². The molecule has 1 aliphatic heterocycles. The van der Waals surface area contributed by atoms with Gasteiger partial charge in [-0.1, -0.05) is 30.3 Å². The molecule has 0 bridgehead atoms. The molecule has 0 radical (unpaired) electrons. The number of para-hydroxylation sites is 2. The summed E-state index contributed by atoms with van der Waals surface area (Å²) in [5, 5.41) is 6.77. The fourth-order valence-electron chi connectivity index (χ4n) is 3.31. The van der Waals surface area contributed by atoms with Crippen molar-refractivity contribution in [2.75, 3.05) is 12.4 Å². The first-order chi connectivity index (χ1) is 13.6. The third-order valence-electron chi connectivity index (χ3n) is 4.68. The highest BCUT2D eigenvalue weighted by atomic mass is 32.1. The van der Waals surface area contributed by atoms with Gasteiger partial charge in [-0.05, 0) is 30.4 Å². The molecule has 2 N–H and O–H groups in total. The molecule has 4 rings (SSSR count). The van der Waals surface area contributed by atoms with Gasteiger partial charge in [-0.25, -0.2) is 9.55 Å². The first-order valence-electron chi connectivity index (χ1n) is 8.79. The lowest BCUT2D eigenvalue weighted by atomic mass is 10.1. The molecule has 7 nitrogen and oxygen atoms in total. The van der Waals surface area contributed by atoms with Gasteiger partial charge in [-0.3, -0.25) is 9.59 Å². The van der Waals surface area contributed by atoms with E-state index in [4.69, 9.17) is 17.0 Å². The number of carbonyl (C=O) groups excluding carboxylic acids is 2. The maximum atomic E-state index is 12.8. The van der Waals surface area contributed by atoms with Crippen molar-refractivity contribution in [2.45, 2.75) is 19.0 Å². The number of fused-ring (bicyclic) bond motifs is 3. The number of rotatable bonds is 5. The molecule has 0 unspecified atom stereocenters. The highest BCUT2D eigenvalue weighted by molar-refractivity contribution is 7.71. The third kappa shape index (κ3) is 3.22. The van der Waals surface area contributed by atoms with Crippen molar-refractivity contribution in [3.05, 3.63) is 58.9 Å². The van der Waals surface area contributed by atoms with Crippen LogP contribution in [0.3, 0.4) is 0 Å². The number of amides is 1. The number of hydrogen-bond donors (Lipinski definition) is 2. The Bertz CT molecular complexity index is 1140. The van der Waals surface area contributed by atoms with Crippen molar-refractivity contribution in [3.63, 3.8) is 0 Å². The molecular formula is C20H18N4O3S. The fraction of sp³-hybridized carbons (Fsp3) is 0.200. The van der Waals surface area contributed by atoms with E-state index >= 15 is 0 Å². The van der Waals surface area contributed by atoms with Crippen molar-refractivity contribution < 1.29 is 14.3 Å². The van der Waals surface area contributed by atoms with Gasteiger partial charge in [-0.15, -0.1) is 0 Å². The zero-order valence-corrected chi connectivity index (χ0v) is 16.0. The Kier molecular flexibility index (Phi) is 4.79. The minimum Gasteiger partial charge on any atom is -0.496 e. The average Bonchev–Trinajstić information content (AvgIpc) is 3.03. The van der Waals surface area contributed by atoms with Gasteiger partial charge in [0.05, 0.1) is 19.0 Å². The van der Waals surface area contributed by atoms with Crippen molar-refractivity contribution in [1.82, 2.24) is 14.9 Å². The predicted octanol–water partition coefficient (Wildman–Crippen LogP) is 2.92. The first-order valence-corrected chi connectivity index (χ1v) is 9.20. The van der Waals surface area contributed by atoms with Crippen LogP contribution in [0.4, 0.5) is 5.82 Å². The highest BCUT2D eigenvalue weighted by Crippen LogP contribution is 2.28. The van der Waals surface area contributed by atoms with Crippen LogP contribution in [0.1, 0.15) is 16.8 Å². The number of hydrogen-bond acceptors (Lipinski definition) is 6. The lowest BCUT2D eigenvalue weighted by Crippen LogP contribution is -2.33. The summed E-state index contributed by atoms with van der Waals surface area (Å²) in [5.41, 5.74) is 1.57. The second-order valence-corrected chi connectivity index (χ2v) is 6.79. The molecule has 0 fully saturated rings. The molecule has 0 saturated carbocycles. The molecule has 1 aliphatic rings. The predicted molar refractivity (Wildman–Crippen MR) is 108 cm³/mol. The molecule has 8 heteroatoms. The molecule has 1 aromatic heterocycles. The van der Waals surface area contributed by atoms with Gasteiger partial charge in [0.15, 0.2) is 0 Å². The van der Waals surface area contributed by atoms with Crippen LogP contribution in [0.5, 0.6) is 5.75 Å². The van der Waals surface area contributed by atoms with Gasteiger partial charge in [0.1, 0.15) is 17.6 Å². The van der Waals surface area contributed by atoms with E-state index in [0.717, 1.165) is 10.9 Å². The number of aromatic nitrogens is 2. The zero-order valence-electron chi connectivity index (χ0n) is 15.1. The molecule has 0 saturated heterocycles. The molecule has 1 atom stereocenters. The van der Waals surface area contributed by atoms with Crippen LogP contribution in [0.25, 0.3) is 10.9 Å². The molecule has 1 amide bonds. The van der Waals surface area contributed by atoms with Crippen molar-refractivity contribution in [3.8, 4) is 5.75 Å². The third-order valence-corrected chi connectivity index (χ3v) is 4.95. The Morgan fingerprint density at radius 2 is 2.00 bits per heavy atom. The first kappa shape index (κ1) is 18.1. The normalized spacial score (nSPS) is 15.2. The lowest BCUT2D eigenvalue weighted by Gasteiger charge is -2.11. The molecule has 0 spiro atoms.